The average molecular weight is 295 g/mol. The smallest absolute Gasteiger partial charge is 0.264 e. The predicted octanol–water partition coefficient (Wildman–Crippen LogP) is -0.181. The molecule has 0 aliphatic heterocycles. The first-order valence-electron chi connectivity index (χ1n) is 7.11. The van der Waals surface area contributed by atoms with E-state index in [-0.39, 0.29) is 11.5 Å². The molecular weight excluding hydrogens is 274 g/mol. The zero-order chi connectivity index (χ0) is 15.6. The van der Waals surface area contributed by atoms with Crippen molar-refractivity contribution in [1.82, 2.24) is 15.3 Å². The number of aliphatic hydroxyl groups is 2. The SMILES string of the molecule is CCC(CO)(CO)NC(=O)c1c(C)nc(C2CC2)[nH]c1=O. The quantitative estimate of drug-likeness (QED) is 0.581. The summed E-state index contributed by atoms with van der Waals surface area (Å²) in [7, 11) is 0. The van der Waals surface area contributed by atoms with Crippen LogP contribution in [0.1, 0.15) is 54.0 Å². The highest BCUT2D eigenvalue weighted by molar-refractivity contribution is 5.95. The van der Waals surface area contributed by atoms with Gasteiger partial charge in [-0.15, -0.1) is 0 Å². The number of hydrogen-bond donors (Lipinski definition) is 4. The number of aromatic nitrogens is 2. The zero-order valence-electron chi connectivity index (χ0n) is 12.3. The monoisotopic (exact) mass is 295 g/mol. The highest BCUT2D eigenvalue weighted by Crippen LogP contribution is 2.37. The molecule has 1 heterocycles. The third-order valence-corrected chi connectivity index (χ3v) is 3.97. The molecule has 0 spiro atoms. The van der Waals surface area contributed by atoms with Gasteiger partial charge < -0.3 is 20.5 Å². The molecule has 0 bridgehead atoms. The lowest BCUT2D eigenvalue weighted by atomic mass is 9.98. The molecule has 1 aromatic heterocycles. The van der Waals surface area contributed by atoms with Crippen molar-refractivity contribution in [3.63, 3.8) is 0 Å². The van der Waals surface area contributed by atoms with Crippen molar-refractivity contribution >= 4 is 5.91 Å². The van der Waals surface area contributed by atoms with Crippen LogP contribution in [0.3, 0.4) is 0 Å². The van der Waals surface area contributed by atoms with E-state index < -0.39 is 30.2 Å². The summed E-state index contributed by atoms with van der Waals surface area (Å²) in [6.07, 6.45) is 2.35. The molecule has 1 saturated carbocycles. The van der Waals surface area contributed by atoms with Crippen LogP contribution in [-0.2, 0) is 0 Å². The fourth-order valence-corrected chi connectivity index (χ4v) is 2.17. The van der Waals surface area contributed by atoms with Gasteiger partial charge in [-0.3, -0.25) is 9.59 Å². The maximum atomic E-state index is 12.3. The summed E-state index contributed by atoms with van der Waals surface area (Å²) in [5.41, 5.74) is -1.33. The number of carbonyl (C=O) groups excluding carboxylic acids is 1. The van der Waals surface area contributed by atoms with Gasteiger partial charge in [-0.1, -0.05) is 6.92 Å². The number of rotatable bonds is 6. The first-order valence-corrected chi connectivity index (χ1v) is 7.11. The van der Waals surface area contributed by atoms with E-state index in [0.29, 0.717) is 17.9 Å². The molecule has 7 nitrogen and oxygen atoms in total. The Balaban J connectivity index is 2.29. The molecule has 2 rings (SSSR count). The largest absolute Gasteiger partial charge is 0.394 e. The second-order valence-electron chi connectivity index (χ2n) is 5.59. The lowest BCUT2D eigenvalue weighted by molar-refractivity contribution is 0.0650. The molecule has 0 radical (unpaired) electrons. The van der Waals surface area contributed by atoms with E-state index in [1.165, 1.54) is 0 Å². The molecule has 1 fully saturated rings. The third kappa shape index (κ3) is 3.14. The van der Waals surface area contributed by atoms with Gasteiger partial charge >= 0.3 is 0 Å². The number of amides is 1. The van der Waals surface area contributed by atoms with Crippen molar-refractivity contribution in [1.29, 1.82) is 0 Å². The number of H-pyrrole nitrogens is 1. The molecule has 21 heavy (non-hydrogen) atoms. The van der Waals surface area contributed by atoms with Gasteiger partial charge in [0.2, 0.25) is 0 Å². The molecule has 7 heteroatoms. The molecule has 116 valence electrons. The minimum absolute atomic E-state index is 0.0703. The maximum absolute atomic E-state index is 12.3. The molecule has 1 aliphatic rings. The molecule has 4 N–H and O–H groups in total. The summed E-state index contributed by atoms with van der Waals surface area (Å²) in [6, 6.07) is 0. The zero-order valence-corrected chi connectivity index (χ0v) is 12.3. The Bertz CT molecular complexity index is 580. The van der Waals surface area contributed by atoms with E-state index in [2.05, 4.69) is 15.3 Å². The number of aryl methyl sites for hydroxylation is 1. The van der Waals surface area contributed by atoms with Crippen molar-refractivity contribution in [2.24, 2.45) is 0 Å². The molecule has 0 aromatic carbocycles. The van der Waals surface area contributed by atoms with E-state index >= 15 is 0 Å². The Hall–Kier alpha value is -1.73. The first-order chi connectivity index (χ1) is 9.96. The highest BCUT2D eigenvalue weighted by Gasteiger charge is 2.32. The van der Waals surface area contributed by atoms with E-state index in [1.807, 2.05) is 0 Å². The summed E-state index contributed by atoms with van der Waals surface area (Å²) in [5.74, 6) is 0.284. The third-order valence-electron chi connectivity index (χ3n) is 3.97. The van der Waals surface area contributed by atoms with Gasteiger partial charge in [0, 0.05) is 5.92 Å². The molecule has 1 amide bonds. The van der Waals surface area contributed by atoms with Gasteiger partial charge in [0.05, 0.1) is 24.4 Å². The van der Waals surface area contributed by atoms with Crippen LogP contribution in [0.5, 0.6) is 0 Å². The number of nitrogens with one attached hydrogen (secondary N) is 2. The Labute approximate surface area is 122 Å². The lowest BCUT2D eigenvalue weighted by Gasteiger charge is -2.29. The standard InChI is InChI=1S/C14H21N3O4/c1-3-14(6-18,7-19)17-13(21)10-8(2)15-11(9-4-5-9)16-12(10)20/h9,18-19H,3-7H2,1-2H3,(H,17,21)(H,15,16,20). The van der Waals surface area contributed by atoms with Gasteiger partial charge in [0.15, 0.2) is 0 Å². The fourth-order valence-electron chi connectivity index (χ4n) is 2.17. The van der Waals surface area contributed by atoms with Crippen LogP contribution in [0.15, 0.2) is 4.79 Å². The minimum Gasteiger partial charge on any atom is -0.394 e. The Morgan fingerprint density at radius 3 is 2.48 bits per heavy atom. The summed E-state index contributed by atoms with van der Waals surface area (Å²) in [4.78, 5) is 31.3. The van der Waals surface area contributed by atoms with Crippen molar-refractivity contribution < 1.29 is 15.0 Å². The van der Waals surface area contributed by atoms with Gasteiger partial charge in [-0.25, -0.2) is 4.98 Å². The molecule has 0 unspecified atom stereocenters. The van der Waals surface area contributed by atoms with Crippen molar-refractivity contribution in [2.45, 2.75) is 44.6 Å². The van der Waals surface area contributed by atoms with Crippen LogP contribution < -0.4 is 10.9 Å². The number of aliphatic hydroxyl groups excluding tert-OH is 2. The molecule has 1 aromatic rings. The Morgan fingerprint density at radius 1 is 1.43 bits per heavy atom. The summed E-state index contributed by atoms with van der Waals surface area (Å²) in [6.45, 7) is 2.53. The summed E-state index contributed by atoms with van der Waals surface area (Å²) >= 11 is 0. The lowest BCUT2D eigenvalue weighted by Crippen LogP contribution is -2.54. The number of hydrogen-bond acceptors (Lipinski definition) is 5. The van der Waals surface area contributed by atoms with Crippen LogP contribution in [0.4, 0.5) is 0 Å². The summed E-state index contributed by atoms with van der Waals surface area (Å²) < 4.78 is 0. The maximum Gasteiger partial charge on any atom is 0.264 e. The van der Waals surface area contributed by atoms with Gasteiger partial charge in [-0.05, 0) is 26.2 Å². The molecule has 1 aliphatic carbocycles. The highest BCUT2D eigenvalue weighted by atomic mass is 16.3. The van der Waals surface area contributed by atoms with Crippen molar-refractivity contribution in [2.75, 3.05) is 13.2 Å². The first kappa shape index (κ1) is 15.7. The predicted molar refractivity (Wildman–Crippen MR) is 76.2 cm³/mol. The van der Waals surface area contributed by atoms with E-state index in [0.717, 1.165) is 12.8 Å². The van der Waals surface area contributed by atoms with Crippen LogP contribution >= 0.6 is 0 Å². The molecule has 0 atom stereocenters. The van der Waals surface area contributed by atoms with Gasteiger partial charge in [0.25, 0.3) is 11.5 Å². The summed E-state index contributed by atoms with van der Waals surface area (Å²) in [5, 5.41) is 21.3. The second-order valence-corrected chi connectivity index (χ2v) is 5.59. The van der Waals surface area contributed by atoms with Crippen LogP contribution in [-0.4, -0.2) is 44.8 Å². The van der Waals surface area contributed by atoms with Gasteiger partial charge in [-0.2, -0.15) is 0 Å². The molecule has 0 saturated heterocycles. The normalized spacial score (nSPS) is 15.0. The minimum atomic E-state index is -1.13. The van der Waals surface area contributed by atoms with Crippen molar-refractivity contribution in [3.8, 4) is 0 Å². The fraction of sp³-hybridized carbons (Fsp3) is 0.643. The molecular formula is C14H21N3O4. The number of aromatic amines is 1. The van der Waals surface area contributed by atoms with E-state index in [4.69, 9.17) is 0 Å². The topological polar surface area (TPSA) is 115 Å². The second kappa shape index (κ2) is 5.95. The van der Waals surface area contributed by atoms with Crippen LogP contribution in [0.2, 0.25) is 0 Å². The Kier molecular flexibility index (Phi) is 4.43. The van der Waals surface area contributed by atoms with Gasteiger partial charge in [0.1, 0.15) is 11.4 Å². The van der Waals surface area contributed by atoms with Crippen LogP contribution in [0.25, 0.3) is 0 Å². The van der Waals surface area contributed by atoms with E-state index in [9.17, 15) is 19.8 Å². The average Bonchev–Trinajstić information content (AvgIpc) is 3.28. The number of carbonyl (C=O) groups is 1. The number of nitrogens with zero attached hydrogens (tertiary/aromatic N) is 1. The van der Waals surface area contributed by atoms with E-state index in [1.54, 1.807) is 13.8 Å². The van der Waals surface area contributed by atoms with Crippen molar-refractivity contribution in [3.05, 3.63) is 27.4 Å². The Morgan fingerprint density at radius 2 is 2.05 bits per heavy atom. The van der Waals surface area contributed by atoms with Crippen LogP contribution in [0, 0.1) is 6.92 Å².